The summed E-state index contributed by atoms with van der Waals surface area (Å²) in [5.74, 6) is 1.16. The predicted octanol–water partition coefficient (Wildman–Crippen LogP) is 2.68. The highest BCUT2D eigenvalue weighted by molar-refractivity contribution is 7.98. The predicted molar refractivity (Wildman–Crippen MR) is 77.7 cm³/mol. The quantitative estimate of drug-likeness (QED) is 0.813. The molecule has 1 atom stereocenters. The lowest BCUT2D eigenvalue weighted by Gasteiger charge is -2.15. The van der Waals surface area contributed by atoms with Gasteiger partial charge >= 0.3 is 0 Å². The van der Waals surface area contributed by atoms with Gasteiger partial charge in [-0.3, -0.25) is 0 Å². The van der Waals surface area contributed by atoms with Crippen LogP contribution in [0.5, 0.6) is 0 Å². The van der Waals surface area contributed by atoms with Crippen molar-refractivity contribution in [2.75, 3.05) is 12.0 Å². The fourth-order valence-corrected chi connectivity index (χ4v) is 2.40. The summed E-state index contributed by atoms with van der Waals surface area (Å²) in [6, 6.07) is 10.1. The van der Waals surface area contributed by atoms with E-state index >= 15 is 0 Å². The van der Waals surface area contributed by atoms with Gasteiger partial charge in [0.05, 0.1) is 24.3 Å². The molecule has 0 bridgehead atoms. The highest BCUT2D eigenvalue weighted by Crippen LogP contribution is 2.19. The van der Waals surface area contributed by atoms with Crippen LogP contribution in [-0.2, 0) is 6.54 Å². The largest absolute Gasteiger partial charge is 0.333 e. The lowest BCUT2D eigenvalue weighted by Crippen LogP contribution is -2.16. The summed E-state index contributed by atoms with van der Waals surface area (Å²) in [7, 11) is 0. The Balaban J connectivity index is 2.11. The Morgan fingerprint density at radius 2 is 2.11 bits per heavy atom. The lowest BCUT2D eigenvalue weighted by molar-refractivity contribution is 0.628. The SMILES string of the molecule is CSCCCn1cncc1C(N)c1ccccc1. The zero-order valence-electron chi connectivity index (χ0n) is 10.6. The van der Waals surface area contributed by atoms with Crippen LogP contribution >= 0.6 is 11.8 Å². The fourth-order valence-electron chi connectivity index (χ4n) is 1.99. The average molecular weight is 261 g/mol. The Hall–Kier alpha value is -1.26. The van der Waals surface area contributed by atoms with E-state index in [4.69, 9.17) is 5.73 Å². The number of rotatable bonds is 6. The second-order valence-electron chi connectivity index (χ2n) is 4.25. The first-order valence-electron chi connectivity index (χ1n) is 6.12. The zero-order chi connectivity index (χ0) is 12.8. The second-order valence-corrected chi connectivity index (χ2v) is 5.23. The molecule has 1 heterocycles. The molecule has 1 aromatic heterocycles. The van der Waals surface area contributed by atoms with E-state index in [2.05, 4.69) is 27.9 Å². The van der Waals surface area contributed by atoms with Gasteiger partial charge in [-0.1, -0.05) is 30.3 Å². The normalized spacial score (nSPS) is 12.6. The Labute approximate surface area is 112 Å². The molecule has 0 spiro atoms. The van der Waals surface area contributed by atoms with Crippen LogP contribution in [-0.4, -0.2) is 21.6 Å². The van der Waals surface area contributed by atoms with E-state index in [9.17, 15) is 0 Å². The van der Waals surface area contributed by atoms with Gasteiger partial charge in [0.15, 0.2) is 0 Å². The van der Waals surface area contributed by atoms with Crippen LogP contribution in [0.25, 0.3) is 0 Å². The first-order chi connectivity index (χ1) is 8.83. The topological polar surface area (TPSA) is 43.8 Å². The number of nitrogens with zero attached hydrogens (tertiary/aromatic N) is 2. The molecule has 0 fully saturated rings. The summed E-state index contributed by atoms with van der Waals surface area (Å²) in [5.41, 5.74) is 8.51. The maximum Gasteiger partial charge on any atom is 0.0948 e. The number of hydrogen-bond donors (Lipinski definition) is 1. The van der Waals surface area contributed by atoms with Gasteiger partial charge in [0.25, 0.3) is 0 Å². The molecule has 2 aromatic rings. The second kappa shape index (κ2) is 6.61. The maximum atomic E-state index is 6.30. The molecule has 1 aromatic carbocycles. The van der Waals surface area contributed by atoms with Crippen LogP contribution in [0.2, 0.25) is 0 Å². The van der Waals surface area contributed by atoms with Gasteiger partial charge in [0.1, 0.15) is 0 Å². The summed E-state index contributed by atoms with van der Waals surface area (Å²) in [5, 5.41) is 0. The van der Waals surface area contributed by atoms with Gasteiger partial charge in [-0.25, -0.2) is 4.98 Å². The number of nitrogens with two attached hydrogens (primary N) is 1. The monoisotopic (exact) mass is 261 g/mol. The first kappa shape index (κ1) is 13.2. The van der Waals surface area contributed by atoms with Crippen molar-refractivity contribution >= 4 is 11.8 Å². The van der Waals surface area contributed by atoms with E-state index in [-0.39, 0.29) is 6.04 Å². The lowest BCUT2D eigenvalue weighted by atomic mass is 10.1. The van der Waals surface area contributed by atoms with Gasteiger partial charge in [0, 0.05) is 6.54 Å². The highest BCUT2D eigenvalue weighted by Gasteiger charge is 2.12. The minimum Gasteiger partial charge on any atom is -0.333 e. The van der Waals surface area contributed by atoms with Crippen LogP contribution in [0.3, 0.4) is 0 Å². The summed E-state index contributed by atoms with van der Waals surface area (Å²) in [6.07, 6.45) is 7.02. The minimum atomic E-state index is -0.0945. The fraction of sp³-hybridized carbons (Fsp3) is 0.357. The molecule has 0 radical (unpaired) electrons. The standard InChI is InChI=1S/C14H19N3S/c1-18-9-5-8-17-11-16-10-13(17)14(15)12-6-3-2-4-7-12/h2-4,6-7,10-11,14H,5,8-9,15H2,1H3. The van der Waals surface area contributed by atoms with Crippen molar-refractivity contribution in [3.05, 3.63) is 54.1 Å². The van der Waals surface area contributed by atoms with E-state index in [0.717, 1.165) is 30.0 Å². The van der Waals surface area contributed by atoms with Crippen molar-refractivity contribution in [3.63, 3.8) is 0 Å². The number of aryl methyl sites for hydroxylation is 1. The highest BCUT2D eigenvalue weighted by atomic mass is 32.2. The van der Waals surface area contributed by atoms with Crippen LogP contribution in [0, 0.1) is 0 Å². The molecule has 0 saturated carbocycles. The molecule has 96 valence electrons. The van der Waals surface area contributed by atoms with Crippen LogP contribution in [0.1, 0.15) is 23.7 Å². The van der Waals surface area contributed by atoms with E-state index in [1.54, 1.807) is 0 Å². The molecular weight excluding hydrogens is 242 g/mol. The van der Waals surface area contributed by atoms with Crippen LogP contribution in [0.4, 0.5) is 0 Å². The summed E-state index contributed by atoms with van der Waals surface area (Å²) < 4.78 is 2.16. The maximum absolute atomic E-state index is 6.30. The molecular formula is C14H19N3S. The molecule has 0 aliphatic carbocycles. The number of thioether (sulfide) groups is 1. The molecule has 2 N–H and O–H groups in total. The van der Waals surface area contributed by atoms with Crippen molar-refractivity contribution in [2.24, 2.45) is 5.73 Å². The third-order valence-electron chi connectivity index (χ3n) is 2.97. The third-order valence-corrected chi connectivity index (χ3v) is 3.67. The van der Waals surface area contributed by atoms with Crippen molar-refractivity contribution in [3.8, 4) is 0 Å². The number of aromatic nitrogens is 2. The Kier molecular flexibility index (Phi) is 4.84. The van der Waals surface area contributed by atoms with Gasteiger partial charge in [-0.2, -0.15) is 11.8 Å². The molecule has 1 unspecified atom stereocenters. The molecule has 0 saturated heterocycles. The van der Waals surface area contributed by atoms with Gasteiger partial charge < -0.3 is 10.3 Å². The van der Waals surface area contributed by atoms with Gasteiger partial charge in [0.2, 0.25) is 0 Å². The molecule has 4 heteroatoms. The van der Waals surface area contributed by atoms with E-state index in [1.807, 2.05) is 42.5 Å². The minimum absolute atomic E-state index is 0.0945. The van der Waals surface area contributed by atoms with Gasteiger partial charge in [-0.05, 0) is 24.0 Å². The van der Waals surface area contributed by atoms with E-state index in [1.165, 1.54) is 0 Å². The number of imidazole rings is 1. The summed E-state index contributed by atoms with van der Waals surface area (Å²) in [4.78, 5) is 4.22. The number of benzene rings is 1. The van der Waals surface area contributed by atoms with E-state index in [0.29, 0.717) is 0 Å². The first-order valence-corrected chi connectivity index (χ1v) is 7.52. The van der Waals surface area contributed by atoms with E-state index < -0.39 is 0 Å². The van der Waals surface area contributed by atoms with Crippen molar-refractivity contribution in [1.82, 2.24) is 9.55 Å². The average Bonchev–Trinajstić information content (AvgIpc) is 2.88. The zero-order valence-corrected chi connectivity index (χ0v) is 11.4. The Bertz CT molecular complexity index is 467. The molecule has 0 amide bonds. The summed E-state index contributed by atoms with van der Waals surface area (Å²) >= 11 is 1.87. The molecule has 18 heavy (non-hydrogen) atoms. The van der Waals surface area contributed by atoms with Crippen LogP contribution < -0.4 is 5.73 Å². The molecule has 2 rings (SSSR count). The molecule has 0 aliphatic heterocycles. The molecule has 0 aliphatic rings. The Morgan fingerprint density at radius 3 is 2.83 bits per heavy atom. The van der Waals surface area contributed by atoms with Crippen LogP contribution in [0.15, 0.2) is 42.9 Å². The van der Waals surface area contributed by atoms with Crippen molar-refractivity contribution in [1.29, 1.82) is 0 Å². The smallest absolute Gasteiger partial charge is 0.0948 e. The number of hydrogen-bond acceptors (Lipinski definition) is 3. The van der Waals surface area contributed by atoms with Crippen molar-refractivity contribution in [2.45, 2.75) is 19.0 Å². The Morgan fingerprint density at radius 1 is 1.33 bits per heavy atom. The summed E-state index contributed by atoms with van der Waals surface area (Å²) in [6.45, 7) is 0.983. The van der Waals surface area contributed by atoms with Crippen molar-refractivity contribution < 1.29 is 0 Å². The molecule has 3 nitrogen and oxygen atoms in total. The van der Waals surface area contributed by atoms with Gasteiger partial charge in [-0.15, -0.1) is 0 Å². The third kappa shape index (κ3) is 3.15.